The number of rotatable bonds is 1. The number of halogens is 2. The molecule has 0 N–H and O–H groups in total. The molecule has 0 amide bonds. The number of carbonyl (C=O) groups is 2. The van der Waals surface area contributed by atoms with Crippen LogP contribution < -0.4 is 0 Å². The summed E-state index contributed by atoms with van der Waals surface area (Å²) in [5, 5.41) is 0.561. The quantitative estimate of drug-likeness (QED) is 0.240. The van der Waals surface area contributed by atoms with Crippen molar-refractivity contribution in [3.8, 4) is 0 Å². The number of ether oxygens (including phenoxy) is 1. The predicted octanol–water partition coefficient (Wildman–Crippen LogP) is 8.81. The third-order valence-corrected chi connectivity index (χ3v) is 14.9. The average molecular weight is 596 g/mol. The van der Waals surface area contributed by atoms with Gasteiger partial charge < -0.3 is 4.74 Å². The average Bonchev–Trinajstić information content (AvgIpc) is 3.10. The van der Waals surface area contributed by atoms with Crippen LogP contribution in [0.25, 0.3) is 6.08 Å². The van der Waals surface area contributed by atoms with Crippen LogP contribution in [0.4, 0.5) is 4.39 Å². The van der Waals surface area contributed by atoms with Crippen LogP contribution in [0.15, 0.2) is 23.9 Å². The van der Waals surface area contributed by atoms with Crippen LogP contribution in [0.2, 0.25) is 5.02 Å². The summed E-state index contributed by atoms with van der Waals surface area (Å²) in [6.45, 7) is 15.8. The van der Waals surface area contributed by atoms with Crippen LogP contribution >= 0.6 is 11.6 Å². The first kappa shape index (κ1) is 29.0. The molecule has 0 radical (unpaired) electrons. The Hall–Kier alpha value is -1.75. The Labute approximate surface area is 255 Å². The molecule has 5 aliphatic carbocycles. The van der Waals surface area contributed by atoms with Gasteiger partial charge in [0.05, 0.1) is 16.1 Å². The number of aromatic nitrogens is 1. The van der Waals surface area contributed by atoms with E-state index in [4.69, 9.17) is 16.3 Å². The maximum Gasteiger partial charge on any atom is 0.313 e. The molecule has 1 aromatic rings. The highest BCUT2D eigenvalue weighted by molar-refractivity contribution is 6.30. The van der Waals surface area contributed by atoms with Gasteiger partial charge in [0.25, 0.3) is 0 Å². The molecule has 5 saturated carbocycles. The second kappa shape index (κ2) is 8.49. The number of alkyl halides is 1. The van der Waals surface area contributed by atoms with Crippen LogP contribution in [-0.4, -0.2) is 28.5 Å². The molecule has 2 heterocycles. The Morgan fingerprint density at radius 3 is 2.36 bits per heavy atom. The van der Waals surface area contributed by atoms with E-state index in [1.807, 2.05) is 12.1 Å². The Morgan fingerprint density at radius 2 is 1.67 bits per heavy atom. The van der Waals surface area contributed by atoms with Crippen molar-refractivity contribution >= 4 is 29.4 Å². The van der Waals surface area contributed by atoms with Gasteiger partial charge in [0.15, 0.2) is 11.4 Å². The maximum absolute atomic E-state index is 17.5. The number of hydrogen-bond donors (Lipinski definition) is 0. The fourth-order valence-electron chi connectivity index (χ4n) is 12.4. The van der Waals surface area contributed by atoms with Crippen molar-refractivity contribution in [2.24, 2.45) is 50.2 Å². The highest BCUT2D eigenvalue weighted by atomic mass is 35.5. The van der Waals surface area contributed by atoms with Crippen molar-refractivity contribution in [3.05, 3.63) is 34.6 Å². The minimum absolute atomic E-state index is 0.0618. The summed E-state index contributed by atoms with van der Waals surface area (Å²) < 4.78 is 24.1. The number of nitrogens with zero attached hydrogens (tertiary/aromatic N) is 1. The molecule has 6 fully saturated rings. The molecular weight excluding hydrogens is 549 g/mol. The van der Waals surface area contributed by atoms with Crippen LogP contribution in [0.3, 0.4) is 0 Å². The van der Waals surface area contributed by atoms with Gasteiger partial charge in [-0.1, -0.05) is 60.1 Å². The van der Waals surface area contributed by atoms with E-state index in [0.717, 1.165) is 56.2 Å². The third kappa shape index (κ3) is 3.28. The molecule has 6 heteroatoms. The minimum Gasteiger partial charge on any atom is -0.455 e. The number of ketones is 1. The zero-order valence-electron chi connectivity index (χ0n) is 26.4. The molecule has 9 atom stereocenters. The third-order valence-electron chi connectivity index (χ3n) is 14.7. The van der Waals surface area contributed by atoms with Crippen LogP contribution in [0.5, 0.6) is 0 Å². The number of Topliss-reactive ketones (excluding diaryl/α,β-unsaturated/α-hetero) is 1. The Bertz CT molecular complexity index is 1400. The summed E-state index contributed by atoms with van der Waals surface area (Å²) >= 11 is 6.09. The summed E-state index contributed by atoms with van der Waals surface area (Å²) in [6, 6.07) is 3.65. The monoisotopic (exact) mass is 595 g/mol. The van der Waals surface area contributed by atoms with Gasteiger partial charge in [-0.3, -0.25) is 14.6 Å². The number of allylic oxidation sites excluding steroid dienone is 1. The molecule has 2 bridgehead atoms. The van der Waals surface area contributed by atoms with Crippen molar-refractivity contribution in [1.29, 1.82) is 0 Å². The van der Waals surface area contributed by atoms with E-state index in [1.54, 1.807) is 12.3 Å². The van der Waals surface area contributed by atoms with Gasteiger partial charge in [0, 0.05) is 22.9 Å². The van der Waals surface area contributed by atoms with Gasteiger partial charge in [0.1, 0.15) is 6.17 Å². The molecule has 42 heavy (non-hydrogen) atoms. The van der Waals surface area contributed by atoms with E-state index in [1.165, 1.54) is 0 Å². The van der Waals surface area contributed by atoms with Crippen LogP contribution in [0.1, 0.15) is 112 Å². The first-order valence-corrected chi connectivity index (χ1v) is 16.6. The van der Waals surface area contributed by atoms with Crippen molar-refractivity contribution < 1.29 is 18.7 Å². The molecule has 228 valence electrons. The minimum atomic E-state index is -1.22. The molecule has 7 rings (SSSR count). The second-order valence-corrected chi connectivity index (χ2v) is 17.6. The topological polar surface area (TPSA) is 56.3 Å². The fourth-order valence-corrected chi connectivity index (χ4v) is 12.5. The summed E-state index contributed by atoms with van der Waals surface area (Å²) in [6.07, 6.45) is 9.46. The van der Waals surface area contributed by atoms with Gasteiger partial charge in [-0.2, -0.15) is 0 Å². The lowest BCUT2D eigenvalue weighted by Gasteiger charge is -2.74. The normalized spacial score (nSPS) is 49.4. The standard InChI is InChI=1S/C36H47ClFNO3/c1-30(2)12-14-35-15-13-34(7)33(6)11-10-24-31(3,4)28(40)21(16-23-9-8-22(37)20-39-23)18-32(24,5)25(33)17-27(38)36(34,26(35)19-30)42-29(35)41/h8-9,16,20,24-27H,10-15,17-19H2,1-7H3/b21-16+/t24-,25+,26+,27+,32-,33+,34-,35-,36+/m0/s1. The molecule has 1 aromatic heterocycles. The molecule has 1 spiro atoms. The summed E-state index contributed by atoms with van der Waals surface area (Å²) in [7, 11) is 0. The van der Waals surface area contributed by atoms with E-state index in [-0.39, 0.29) is 45.8 Å². The Morgan fingerprint density at radius 1 is 0.952 bits per heavy atom. The number of esters is 1. The first-order chi connectivity index (χ1) is 19.5. The van der Waals surface area contributed by atoms with Gasteiger partial charge >= 0.3 is 5.97 Å². The largest absolute Gasteiger partial charge is 0.455 e. The lowest BCUT2D eigenvalue weighted by Crippen LogP contribution is -2.75. The summed E-state index contributed by atoms with van der Waals surface area (Å²) in [5.74, 6) is 0.192. The molecular formula is C36H47ClFNO3. The Kier molecular flexibility index (Phi) is 5.86. The van der Waals surface area contributed by atoms with Crippen molar-refractivity contribution in [2.45, 2.75) is 118 Å². The smallest absolute Gasteiger partial charge is 0.313 e. The van der Waals surface area contributed by atoms with Gasteiger partial charge in [-0.25, -0.2) is 4.39 Å². The summed E-state index contributed by atoms with van der Waals surface area (Å²) in [5.41, 5.74) is -1.57. The zero-order valence-corrected chi connectivity index (χ0v) is 27.2. The van der Waals surface area contributed by atoms with Crippen molar-refractivity contribution in [2.75, 3.05) is 0 Å². The van der Waals surface area contributed by atoms with Gasteiger partial charge in [-0.15, -0.1) is 0 Å². The van der Waals surface area contributed by atoms with E-state index >= 15 is 4.39 Å². The molecule has 0 unspecified atom stereocenters. The van der Waals surface area contributed by atoms with Crippen LogP contribution in [-0.2, 0) is 14.3 Å². The van der Waals surface area contributed by atoms with E-state index in [2.05, 4.69) is 53.5 Å². The number of carbonyl (C=O) groups excluding carboxylic acids is 2. The van der Waals surface area contributed by atoms with Gasteiger partial charge in [0.2, 0.25) is 0 Å². The first-order valence-electron chi connectivity index (χ1n) is 16.2. The molecule has 4 nitrogen and oxygen atoms in total. The molecule has 0 aromatic carbocycles. The van der Waals surface area contributed by atoms with Crippen LogP contribution in [0, 0.1) is 50.2 Å². The van der Waals surface area contributed by atoms with Crippen molar-refractivity contribution in [1.82, 2.24) is 4.98 Å². The maximum atomic E-state index is 17.5. The lowest BCUT2D eigenvalue weighted by molar-refractivity contribution is -0.299. The lowest BCUT2D eigenvalue weighted by atomic mass is 9.30. The van der Waals surface area contributed by atoms with E-state index < -0.39 is 28.0 Å². The number of fused-ring (bicyclic) bond motifs is 4. The van der Waals surface area contributed by atoms with Gasteiger partial charge in [-0.05, 0) is 110 Å². The highest BCUT2D eigenvalue weighted by Crippen LogP contribution is 2.81. The number of pyridine rings is 1. The van der Waals surface area contributed by atoms with E-state index in [9.17, 15) is 9.59 Å². The fraction of sp³-hybridized carbons (Fsp3) is 0.750. The number of hydrogen-bond acceptors (Lipinski definition) is 4. The molecule has 6 aliphatic rings. The molecule has 1 aliphatic heterocycles. The second-order valence-electron chi connectivity index (χ2n) is 17.2. The predicted molar refractivity (Wildman–Crippen MR) is 162 cm³/mol. The van der Waals surface area contributed by atoms with E-state index in [0.29, 0.717) is 17.9 Å². The molecule has 1 saturated heterocycles. The van der Waals surface area contributed by atoms with Crippen molar-refractivity contribution in [3.63, 3.8) is 0 Å². The Balaban J connectivity index is 1.34. The SMILES string of the molecule is CC1(C)CC[C@@]23CC[C@]4(C)[C@](OC2=O)([C@H](F)C[C@@H]2[C@@]5(C)C/C(=C\c6ccc(Cl)cn6)C(=O)C(C)(C)[C@@H]5CC[C@]24C)[C@@H]3C1. The zero-order chi connectivity index (χ0) is 30.3. The highest BCUT2D eigenvalue weighted by Gasteiger charge is 2.84. The summed E-state index contributed by atoms with van der Waals surface area (Å²) in [4.78, 5) is 32.3.